The van der Waals surface area contributed by atoms with Crippen LogP contribution in [0.1, 0.15) is 43.3 Å². The van der Waals surface area contributed by atoms with Crippen LogP contribution in [0.5, 0.6) is 0 Å². The first-order valence-electron chi connectivity index (χ1n) is 8.81. The lowest BCUT2D eigenvalue weighted by molar-refractivity contribution is -0.131. The van der Waals surface area contributed by atoms with Crippen LogP contribution in [0.25, 0.3) is 0 Å². The Morgan fingerprint density at radius 2 is 1.92 bits per heavy atom. The van der Waals surface area contributed by atoms with Gasteiger partial charge in [-0.1, -0.05) is 6.07 Å². The molecule has 0 aromatic carbocycles. The number of carbonyl (C=O) groups is 3. The van der Waals surface area contributed by atoms with Gasteiger partial charge in [0, 0.05) is 19.6 Å². The monoisotopic (exact) mass is 381 g/mol. The van der Waals surface area contributed by atoms with Crippen molar-refractivity contribution < 1.29 is 19.1 Å². The molecule has 3 amide bonds. The molecule has 0 unspecified atom stereocenters. The lowest BCUT2D eigenvalue weighted by Gasteiger charge is -2.32. The summed E-state index contributed by atoms with van der Waals surface area (Å²) in [5, 5.41) is 7.33. The summed E-state index contributed by atoms with van der Waals surface area (Å²) < 4.78 is 5.12. The first-order valence-corrected chi connectivity index (χ1v) is 9.69. The molecule has 0 radical (unpaired) electrons. The number of ether oxygens (including phenoxy) is 1. The number of rotatable bonds is 5. The van der Waals surface area contributed by atoms with Crippen molar-refractivity contribution >= 4 is 29.2 Å². The Morgan fingerprint density at radius 3 is 2.50 bits per heavy atom. The second kappa shape index (κ2) is 9.02. The summed E-state index contributed by atoms with van der Waals surface area (Å²) in [6.07, 6.45) is 1.09. The molecule has 2 N–H and O–H groups in total. The average Bonchev–Trinajstić information content (AvgIpc) is 3.11. The van der Waals surface area contributed by atoms with Crippen LogP contribution in [0.2, 0.25) is 0 Å². The Kier molecular flexibility index (Phi) is 7.02. The molecule has 7 nitrogen and oxygen atoms in total. The molecule has 144 valence electrons. The maximum Gasteiger partial charge on any atom is 0.408 e. The predicted octanol–water partition coefficient (Wildman–Crippen LogP) is 2.24. The number of amides is 3. The van der Waals surface area contributed by atoms with Gasteiger partial charge in [-0.05, 0) is 51.0 Å². The zero-order chi connectivity index (χ0) is 19.2. The standard InChI is InChI=1S/C18H27N3O4S/c1-18(2,3)25-17(24)20-12-15(22)21-8-6-13(7-9-21)11-19-16(23)14-5-4-10-26-14/h4-5,10,13H,6-9,11-12H2,1-3H3,(H,19,23)(H,20,24). The van der Waals surface area contributed by atoms with Crippen LogP contribution in [-0.2, 0) is 9.53 Å². The van der Waals surface area contributed by atoms with Gasteiger partial charge in [-0.2, -0.15) is 0 Å². The van der Waals surface area contributed by atoms with E-state index in [0.717, 1.165) is 12.8 Å². The highest BCUT2D eigenvalue weighted by Gasteiger charge is 2.24. The van der Waals surface area contributed by atoms with Gasteiger partial charge in [0.1, 0.15) is 12.1 Å². The summed E-state index contributed by atoms with van der Waals surface area (Å²) >= 11 is 1.42. The van der Waals surface area contributed by atoms with Gasteiger partial charge < -0.3 is 20.3 Å². The molecule has 1 aromatic rings. The van der Waals surface area contributed by atoms with E-state index >= 15 is 0 Å². The summed E-state index contributed by atoms with van der Waals surface area (Å²) in [4.78, 5) is 38.2. The van der Waals surface area contributed by atoms with E-state index in [4.69, 9.17) is 4.74 Å². The van der Waals surface area contributed by atoms with Crippen molar-refractivity contribution in [3.63, 3.8) is 0 Å². The lowest BCUT2D eigenvalue weighted by atomic mass is 9.96. The lowest BCUT2D eigenvalue weighted by Crippen LogP contribution is -2.46. The Morgan fingerprint density at radius 1 is 1.23 bits per heavy atom. The van der Waals surface area contributed by atoms with Gasteiger partial charge >= 0.3 is 6.09 Å². The molecule has 8 heteroatoms. The highest BCUT2D eigenvalue weighted by molar-refractivity contribution is 7.12. The van der Waals surface area contributed by atoms with Gasteiger partial charge in [0.25, 0.3) is 5.91 Å². The highest BCUT2D eigenvalue weighted by atomic mass is 32.1. The predicted molar refractivity (Wildman–Crippen MR) is 100 cm³/mol. The van der Waals surface area contributed by atoms with Crippen LogP contribution < -0.4 is 10.6 Å². The first kappa shape index (κ1) is 20.2. The Bertz CT molecular complexity index is 617. The third kappa shape index (κ3) is 6.67. The van der Waals surface area contributed by atoms with Crippen LogP contribution in [-0.4, -0.2) is 54.6 Å². The van der Waals surface area contributed by atoms with Crippen molar-refractivity contribution in [2.45, 2.75) is 39.2 Å². The minimum absolute atomic E-state index is 0.0416. The van der Waals surface area contributed by atoms with E-state index < -0.39 is 11.7 Å². The normalized spacial score (nSPS) is 15.4. The summed E-state index contributed by atoms with van der Waals surface area (Å²) in [6.45, 7) is 7.15. The molecule has 0 saturated carbocycles. The van der Waals surface area contributed by atoms with Gasteiger partial charge in [0.2, 0.25) is 5.91 Å². The van der Waals surface area contributed by atoms with Crippen molar-refractivity contribution in [3.8, 4) is 0 Å². The van der Waals surface area contributed by atoms with Crippen molar-refractivity contribution in [2.75, 3.05) is 26.2 Å². The van der Waals surface area contributed by atoms with E-state index in [1.807, 2.05) is 11.4 Å². The van der Waals surface area contributed by atoms with E-state index in [1.165, 1.54) is 11.3 Å². The maximum absolute atomic E-state index is 12.2. The first-order chi connectivity index (χ1) is 12.2. The van der Waals surface area contributed by atoms with Crippen LogP contribution in [0.4, 0.5) is 4.79 Å². The summed E-state index contributed by atoms with van der Waals surface area (Å²) in [5.41, 5.74) is -0.584. The van der Waals surface area contributed by atoms with Crippen molar-refractivity contribution in [3.05, 3.63) is 22.4 Å². The number of hydrogen-bond acceptors (Lipinski definition) is 5. The minimum Gasteiger partial charge on any atom is -0.444 e. The molecule has 2 heterocycles. The van der Waals surface area contributed by atoms with E-state index in [-0.39, 0.29) is 18.4 Å². The summed E-state index contributed by atoms with van der Waals surface area (Å²) in [5.74, 6) is 0.207. The molecule has 1 aliphatic heterocycles. The summed E-state index contributed by atoms with van der Waals surface area (Å²) in [7, 11) is 0. The van der Waals surface area contributed by atoms with Crippen LogP contribution in [0.15, 0.2) is 17.5 Å². The van der Waals surface area contributed by atoms with E-state index in [2.05, 4.69) is 10.6 Å². The second-order valence-corrected chi connectivity index (χ2v) is 8.31. The smallest absolute Gasteiger partial charge is 0.408 e. The Labute approximate surface area is 158 Å². The molecule has 1 saturated heterocycles. The number of nitrogens with zero attached hydrogens (tertiary/aromatic N) is 1. The van der Waals surface area contributed by atoms with Crippen molar-refractivity contribution in [2.24, 2.45) is 5.92 Å². The molecule has 0 bridgehead atoms. The third-order valence-corrected chi connectivity index (χ3v) is 4.91. The maximum atomic E-state index is 12.2. The van der Waals surface area contributed by atoms with Crippen LogP contribution in [0, 0.1) is 5.92 Å². The summed E-state index contributed by atoms with van der Waals surface area (Å²) in [6, 6.07) is 3.66. The van der Waals surface area contributed by atoms with E-state index in [0.29, 0.717) is 30.4 Å². The molecule has 0 aliphatic carbocycles. The topological polar surface area (TPSA) is 87.7 Å². The van der Waals surface area contributed by atoms with Crippen LogP contribution >= 0.6 is 11.3 Å². The number of thiophene rings is 1. The fraction of sp³-hybridized carbons (Fsp3) is 0.611. The fourth-order valence-corrected chi connectivity index (χ4v) is 3.33. The quantitative estimate of drug-likeness (QED) is 0.819. The SMILES string of the molecule is CC(C)(C)OC(=O)NCC(=O)N1CCC(CNC(=O)c2cccs2)CC1. The molecular formula is C18H27N3O4S. The largest absolute Gasteiger partial charge is 0.444 e. The number of likely N-dealkylation sites (tertiary alicyclic amines) is 1. The third-order valence-electron chi connectivity index (χ3n) is 4.05. The Balaban J connectivity index is 1.65. The van der Waals surface area contributed by atoms with Crippen LogP contribution in [0.3, 0.4) is 0 Å². The molecule has 1 aromatic heterocycles. The van der Waals surface area contributed by atoms with Gasteiger partial charge in [0.05, 0.1) is 4.88 Å². The fourth-order valence-electron chi connectivity index (χ4n) is 2.69. The molecular weight excluding hydrogens is 354 g/mol. The Hall–Kier alpha value is -2.09. The van der Waals surface area contributed by atoms with E-state index in [1.54, 1.807) is 31.7 Å². The minimum atomic E-state index is -0.586. The number of hydrogen-bond donors (Lipinski definition) is 2. The number of carbonyl (C=O) groups excluding carboxylic acids is 3. The molecule has 26 heavy (non-hydrogen) atoms. The van der Waals surface area contributed by atoms with Crippen molar-refractivity contribution in [1.82, 2.24) is 15.5 Å². The van der Waals surface area contributed by atoms with Crippen molar-refractivity contribution in [1.29, 1.82) is 0 Å². The number of piperidine rings is 1. The molecule has 0 atom stereocenters. The average molecular weight is 381 g/mol. The van der Waals surface area contributed by atoms with Gasteiger partial charge in [0.15, 0.2) is 0 Å². The van der Waals surface area contributed by atoms with E-state index in [9.17, 15) is 14.4 Å². The zero-order valence-corrected chi connectivity index (χ0v) is 16.4. The van der Waals surface area contributed by atoms with Gasteiger partial charge in [-0.15, -0.1) is 11.3 Å². The number of nitrogens with one attached hydrogen (secondary N) is 2. The molecule has 1 fully saturated rings. The zero-order valence-electron chi connectivity index (χ0n) is 15.5. The molecule has 0 spiro atoms. The van der Waals surface area contributed by atoms with Gasteiger partial charge in [-0.3, -0.25) is 9.59 Å². The highest BCUT2D eigenvalue weighted by Crippen LogP contribution is 2.17. The molecule has 2 rings (SSSR count). The number of alkyl carbamates (subject to hydrolysis) is 1. The second-order valence-electron chi connectivity index (χ2n) is 7.37. The van der Waals surface area contributed by atoms with Gasteiger partial charge in [-0.25, -0.2) is 4.79 Å². The molecule has 1 aliphatic rings.